The summed E-state index contributed by atoms with van der Waals surface area (Å²) in [5, 5.41) is 0. The average Bonchev–Trinajstić information content (AvgIpc) is 2.64. The molecule has 0 unspecified atom stereocenters. The molecular formula is C11H16. The summed E-state index contributed by atoms with van der Waals surface area (Å²) in [5.41, 5.74) is 0. The maximum Gasteiger partial charge on any atom is -0.0317 e. The van der Waals surface area contributed by atoms with Gasteiger partial charge in [0.25, 0.3) is 0 Å². The van der Waals surface area contributed by atoms with Crippen molar-refractivity contribution in [3.05, 3.63) is 12.2 Å². The van der Waals surface area contributed by atoms with Crippen molar-refractivity contribution in [2.24, 2.45) is 23.7 Å². The van der Waals surface area contributed by atoms with Crippen LogP contribution in [0.2, 0.25) is 0 Å². The Hall–Kier alpha value is -0.260. The summed E-state index contributed by atoms with van der Waals surface area (Å²) in [5.74, 6) is 4.49. The van der Waals surface area contributed by atoms with Crippen LogP contribution < -0.4 is 0 Å². The predicted molar refractivity (Wildman–Crippen MR) is 46.2 cm³/mol. The quantitative estimate of drug-likeness (QED) is 0.463. The Labute approximate surface area is 68.7 Å². The zero-order valence-electron chi connectivity index (χ0n) is 7.00. The van der Waals surface area contributed by atoms with Gasteiger partial charge < -0.3 is 0 Å². The third-order valence-electron chi connectivity index (χ3n) is 4.26. The molecule has 0 radical (unpaired) electrons. The minimum Gasteiger partial charge on any atom is -0.0882 e. The lowest BCUT2D eigenvalue weighted by Crippen LogP contribution is -2.23. The van der Waals surface area contributed by atoms with Crippen molar-refractivity contribution >= 4 is 0 Å². The summed E-state index contributed by atoms with van der Waals surface area (Å²) in [7, 11) is 0. The number of rotatable bonds is 0. The van der Waals surface area contributed by atoms with E-state index >= 15 is 0 Å². The van der Waals surface area contributed by atoms with Gasteiger partial charge in [-0.15, -0.1) is 0 Å². The van der Waals surface area contributed by atoms with Crippen molar-refractivity contribution in [2.45, 2.75) is 32.1 Å². The monoisotopic (exact) mass is 148 g/mol. The molecule has 0 amide bonds. The van der Waals surface area contributed by atoms with Gasteiger partial charge in [0, 0.05) is 0 Å². The van der Waals surface area contributed by atoms with Crippen LogP contribution in [0, 0.1) is 23.7 Å². The van der Waals surface area contributed by atoms with Crippen molar-refractivity contribution in [1.82, 2.24) is 0 Å². The van der Waals surface area contributed by atoms with Crippen molar-refractivity contribution in [1.29, 1.82) is 0 Å². The molecule has 60 valence electrons. The van der Waals surface area contributed by atoms with Crippen LogP contribution >= 0.6 is 0 Å². The van der Waals surface area contributed by atoms with E-state index in [4.69, 9.17) is 0 Å². The highest BCUT2D eigenvalue weighted by Crippen LogP contribution is 2.55. The summed E-state index contributed by atoms with van der Waals surface area (Å²) in [6, 6.07) is 0. The topological polar surface area (TPSA) is 0 Å². The van der Waals surface area contributed by atoms with Gasteiger partial charge in [-0.2, -0.15) is 0 Å². The van der Waals surface area contributed by atoms with Gasteiger partial charge in [0.1, 0.15) is 0 Å². The molecule has 0 aromatic heterocycles. The number of hydrogen-bond donors (Lipinski definition) is 0. The van der Waals surface area contributed by atoms with Crippen LogP contribution in [0.4, 0.5) is 0 Å². The second-order valence-electron chi connectivity index (χ2n) is 4.60. The first-order valence-corrected chi connectivity index (χ1v) is 5.10. The Morgan fingerprint density at radius 3 is 1.91 bits per heavy atom. The Kier molecular flexibility index (Phi) is 1.21. The van der Waals surface area contributed by atoms with E-state index in [0.29, 0.717) is 0 Å². The SMILES string of the molecule is C1=CC[C@@H]2[C@H]3CC[C@@H](C3)[C@H]2C1. The van der Waals surface area contributed by atoms with Crippen LogP contribution in [-0.4, -0.2) is 0 Å². The predicted octanol–water partition coefficient (Wildman–Crippen LogP) is 3.00. The van der Waals surface area contributed by atoms with Gasteiger partial charge in [-0.25, -0.2) is 0 Å². The molecule has 0 spiro atoms. The Morgan fingerprint density at radius 1 is 0.818 bits per heavy atom. The minimum absolute atomic E-state index is 1.11. The van der Waals surface area contributed by atoms with E-state index in [0.717, 1.165) is 23.7 Å². The van der Waals surface area contributed by atoms with Crippen molar-refractivity contribution < 1.29 is 0 Å². The lowest BCUT2D eigenvalue weighted by molar-refractivity contribution is 0.216. The first-order valence-electron chi connectivity index (χ1n) is 5.10. The summed E-state index contributed by atoms with van der Waals surface area (Å²) >= 11 is 0. The summed E-state index contributed by atoms with van der Waals surface area (Å²) in [6.45, 7) is 0. The first kappa shape index (κ1) is 6.28. The normalized spacial score (nSPS) is 53.1. The molecular weight excluding hydrogens is 132 g/mol. The summed E-state index contributed by atoms with van der Waals surface area (Å²) < 4.78 is 0. The Bertz CT molecular complexity index is 172. The molecule has 0 heteroatoms. The van der Waals surface area contributed by atoms with E-state index in [1.807, 2.05) is 0 Å². The number of fused-ring (bicyclic) bond motifs is 5. The molecule has 4 atom stereocenters. The third kappa shape index (κ3) is 0.758. The van der Waals surface area contributed by atoms with Crippen molar-refractivity contribution in [3.63, 3.8) is 0 Å². The van der Waals surface area contributed by atoms with Gasteiger partial charge in [-0.1, -0.05) is 12.2 Å². The van der Waals surface area contributed by atoms with Gasteiger partial charge in [-0.3, -0.25) is 0 Å². The molecule has 3 aliphatic rings. The van der Waals surface area contributed by atoms with Crippen LogP contribution in [0.25, 0.3) is 0 Å². The smallest absolute Gasteiger partial charge is 0.0317 e. The van der Waals surface area contributed by atoms with Gasteiger partial charge in [0.2, 0.25) is 0 Å². The van der Waals surface area contributed by atoms with E-state index in [-0.39, 0.29) is 0 Å². The molecule has 0 saturated heterocycles. The van der Waals surface area contributed by atoms with E-state index in [9.17, 15) is 0 Å². The van der Waals surface area contributed by atoms with Gasteiger partial charge in [0.05, 0.1) is 0 Å². The maximum absolute atomic E-state index is 2.42. The second kappa shape index (κ2) is 2.12. The molecule has 0 aromatic carbocycles. The number of allylic oxidation sites excluding steroid dienone is 2. The Balaban J connectivity index is 1.91. The van der Waals surface area contributed by atoms with E-state index in [1.54, 1.807) is 19.3 Å². The van der Waals surface area contributed by atoms with Gasteiger partial charge in [0.15, 0.2) is 0 Å². The van der Waals surface area contributed by atoms with Gasteiger partial charge in [-0.05, 0) is 55.8 Å². The molecule has 0 heterocycles. The highest BCUT2D eigenvalue weighted by atomic mass is 14.5. The molecule has 0 aromatic rings. The highest BCUT2D eigenvalue weighted by Gasteiger charge is 2.46. The first-order chi connectivity index (χ1) is 5.45. The van der Waals surface area contributed by atoms with Crippen molar-refractivity contribution in [3.8, 4) is 0 Å². The van der Waals surface area contributed by atoms with Crippen molar-refractivity contribution in [2.75, 3.05) is 0 Å². The lowest BCUT2D eigenvalue weighted by Gasteiger charge is -2.32. The molecule has 0 aliphatic heterocycles. The van der Waals surface area contributed by atoms with Crippen LogP contribution in [-0.2, 0) is 0 Å². The van der Waals surface area contributed by atoms with E-state index < -0.39 is 0 Å². The van der Waals surface area contributed by atoms with Crippen LogP contribution in [0.3, 0.4) is 0 Å². The summed E-state index contributed by atoms with van der Waals surface area (Å²) in [6.07, 6.45) is 12.3. The molecule has 2 saturated carbocycles. The average molecular weight is 148 g/mol. The molecule has 3 aliphatic carbocycles. The van der Waals surface area contributed by atoms with E-state index in [1.165, 1.54) is 12.8 Å². The maximum atomic E-state index is 2.42. The minimum atomic E-state index is 1.11. The zero-order valence-corrected chi connectivity index (χ0v) is 7.00. The second-order valence-corrected chi connectivity index (χ2v) is 4.60. The largest absolute Gasteiger partial charge is 0.0882 e. The fourth-order valence-electron chi connectivity index (χ4n) is 3.77. The molecule has 2 fully saturated rings. The molecule has 11 heavy (non-hydrogen) atoms. The summed E-state index contributed by atoms with van der Waals surface area (Å²) in [4.78, 5) is 0. The van der Waals surface area contributed by atoms with Crippen LogP contribution in [0.1, 0.15) is 32.1 Å². The molecule has 3 rings (SSSR count). The van der Waals surface area contributed by atoms with Crippen LogP contribution in [0.5, 0.6) is 0 Å². The van der Waals surface area contributed by atoms with Gasteiger partial charge >= 0.3 is 0 Å². The molecule has 0 nitrogen and oxygen atoms in total. The van der Waals surface area contributed by atoms with E-state index in [2.05, 4.69) is 12.2 Å². The lowest BCUT2D eigenvalue weighted by atomic mass is 9.73. The third-order valence-corrected chi connectivity index (χ3v) is 4.26. The molecule has 2 bridgehead atoms. The Morgan fingerprint density at radius 2 is 1.36 bits per heavy atom. The zero-order chi connectivity index (χ0) is 7.26. The highest BCUT2D eigenvalue weighted by molar-refractivity contribution is 5.05. The fraction of sp³-hybridized carbons (Fsp3) is 0.818. The fourth-order valence-corrected chi connectivity index (χ4v) is 3.77. The standard InChI is InChI=1S/C11H16/c1-2-4-11-9-6-5-8(7-9)10(11)3-1/h1-2,8-11H,3-7H2/t8-,9-,10+,11+/m0/s1. The molecule has 0 N–H and O–H groups in total. The van der Waals surface area contributed by atoms with Crippen LogP contribution in [0.15, 0.2) is 12.2 Å². The number of hydrogen-bond acceptors (Lipinski definition) is 0.